The van der Waals surface area contributed by atoms with Crippen LogP contribution in [0.25, 0.3) is 0 Å². The highest BCUT2D eigenvalue weighted by molar-refractivity contribution is 5.85. The van der Waals surface area contributed by atoms with Gasteiger partial charge >= 0.3 is 0 Å². The van der Waals surface area contributed by atoms with E-state index in [1.54, 1.807) is 13.2 Å². The minimum atomic E-state index is 0. The van der Waals surface area contributed by atoms with Gasteiger partial charge in [-0.2, -0.15) is 0 Å². The summed E-state index contributed by atoms with van der Waals surface area (Å²) >= 11 is 0. The van der Waals surface area contributed by atoms with Crippen LogP contribution >= 0.6 is 12.4 Å². The largest absolute Gasteiger partial charge is 0.493 e. The molecule has 100 valence electrons. The van der Waals surface area contributed by atoms with Gasteiger partial charge in [-0.1, -0.05) is 18.7 Å². The summed E-state index contributed by atoms with van der Waals surface area (Å²) in [6, 6.07) is 6.76. The van der Waals surface area contributed by atoms with Gasteiger partial charge in [0, 0.05) is 12.6 Å². The van der Waals surface area contributed by atoms with E-state index in [0.717, 1.165) is 24.1 Å². The van der Waals surface area contributed by atoms with Crippen molar-refractivity contribution in [1.29, 1.82) is 0 Å². The molecule has 0 aromatic heterocycles. The molecular weight excluding hydrogens is 250 g/mol. The van der Waals surface area contributed by atoms with Crippen LogP contribution in [0, 0.1) is 0 Å². The molecular formula is C14H20ClNO2. The molecule has 0 saturated heterocycles. The number of rotatable bonds is 7. The lowest BCUT2D eigenvalue weighted by molar-refractivity contribution is 0.326. The lowest BCUT2D eigenvalue weighted by atomic mass is 10.2. The fourth-order valence-corrected chi connectivity index (χ4v) is 1.64. The van der Waals surface area contributed by atoms with Crippen LogP contribution in [0.5, 0.6) is 11.5 Å². The Morgan fingerprint density at radius 1 is 1.39 bits per heavy atom. The second-order valence-electron chi connectivity index (χ2n) is 4.24. The Kier molecular flexibility index (Phi) is 6.02. The van der Waals surface area contributed by atoms with Gasteiger partial charge in [-0.3, -0.25) is 0 Å². The molecule has 1 aromatic rings. The van der Waals surface area contributed by atoms with Gasteiger partial charge in [-0.05, 0) is 30.5 Å². The Bertz CT molecular complexity index is 391. The van der Waals surface area contributed by atoms with E-state index in [4.69, 9.17) is 9.47 Å². The number of hydrogen-bond acceptors (Lipinski definition) is 3. The average molecular weight is 270 g/mol. The maximum atomic E-state index is 5.51. The van der Waals surface area contributed by atoms with E-state index in [-0.39, 0.29) is 12.4 Å². The van der Waals surface area contributed by atoms with Gasteiger partial charge in [0.2, 0.25) is 0 Å². The van der Waals surface area contributed by atoms with E-state index in [1.165, 1.54) is 18.4 Å². The third-order valence-corrected chi connectivity index (χ3v) is 2.76. The molecule has 0 radical (unpaired) electrons. The van der Waals surface area contributed by atoms with E-state index >= 15 is 0 Å². The van der Waals surface area contributed by atoms with Crippen LogP contribution in [0.15, 0.2) is 30.9 Å². The van der Waals surface area contributed by atoms with Crippen molar-refractivity contribution >= 4 is 12.4 Å². The summed E-state index contributed by atoms with van der Waals surface area (Å²) in [7, 11) is 1.66. The van der Waals surface area contributed by atoms with Crippen LogP contribution in [-0.4, -0.2) is 19.8 Å². The molecule has 4 heteroatoms. The first kappa shape index (κ1) is 14.9. The van der Waals surface area contributed by atoms with E-state index in [9.17, 15) is 0 Å². The second-order valence-corrected chi connectivity index (χ2v) is 4.24. The fraction of sp³-hybridized carbons (Fsp3) is 0.429. The number of methoxy groups -OCH3 is 1. The summed E-state index contributed by atoms with van der Waals surface area (Å²) in [6.07, 6.45) is 4.33. The zero-order valence-corrected chi connectivity index (χ0v) is 11.5. The molecule has 0 bridgehead atoms. The van der Waals surface area contributed by atoms with E-state index in [0.29, 0.717) is 6.61 Å². The van der Waals surface area contributed by atoms with Crippen LogP contribution in [-0.2, 0) is 6.54 Å². The molecule has 1 aliphatic rings. The molecule has 0 unspecified atom stereocenters. The fourth-order valence-electron chi connectivity index (χ4n) is 1.64. The van der Waals surface area contributed by atoms with Gasteiger partial charge in [0.25, 0.3) is 0 Å². The quantitative estimate of drug-likeness (QED) is 0.772. The number of hydrogen-bond donors (Lipinski definition) is 1. The van der Waals surface area contributed by atoms with Crippen molar-refractivity contribution in [2.24, 2.45) is 0 Å². The predicted molar refractivity (Wildman–Crippen MR) is 75.8 cm³/mol. The lowest BCUT2D eigenvalue weighted by Gasteiger charge is -2.11. The van der Waals surface area contributed by atoms with Crippen molar-refractivity contribution < 1.29 is 9.47 Å². The van der Waals surface area contributed by atoms with Crippen molar-refractivity contribution in [3.63, 3.8) is 0 Å². The van der Waals surface area contributed by atoms with Gasteiger partial charge in [0.1, 0.15) is 6.61 Å². The predicted octanol–water partition coefficient (Wildman–Crippen LogP) is 2.93. The SMILES string of the molecule is C=CCOc1ccc(CNC2CC2)cc1OC.Cl. The summed E-state index contributed by atoms with van der Waals surface area (Å²) in [4.78, 5) is 0. The smallest absolute Gasteiger partial charge is 0.161 e. The molecule has 1 aliphatic carbocycles. The van der Waals surface area contributed by atoms with Gasteiger partial charge < -0.3 is 14.8 Å². The van der Waals surface area contributed by atoms with E-state index in [2.05, 4.69) is 18.0 Å². The second kappa shape index (κ2) is 7.29. The summed E-state index contributed by atoms with van der Waals surface area (Å²) in [6.45, 7) is 5.02. The Balaban J connectivity index is 0.00000162. The normalized spacial score (nSPS) is 13.6. The standard InChI is InChI=1S/C14H19NO2.ClH/c1-3-8-17-13-7-4-11(9-14(13)16-2)10-15-12-5-6-12;/h3-4,7,9,12,15H,1,5-6,8,10H2,2H3;1H. The minimum absolute atomic E-state index is 0. The van der Waals surface area contributed by atoms with Crippen molar-refractivity contribution in [3.05, 3.63) is 36.4 Å². The molecule has 3 nitrogen and oxygen atoms in total. The van der Waals surface area contributed by atoms with Crippen molar-refractivity contribution in [2.75, 3.05) is 13.7 Å². The zero-order valence-electron chi connectivity index (χ0n) is 10.6. The summed E-state index contributed by atoms with van der Waals surface area (Å²) < 4.78 is 10.8. The topological polar surface area (TPSA) is 30.5 Å². The molecule has 2 rings (SSSR count). The van der Waals surface area contributed by atoms with Crippen LogP contribution in [0.1, 0.15) is 18.4 Å². The molecule has 1 N–H and O–H groups in total. The molecule has 0 spiro atoms. The Morgan fingerprint density at radius 3 is 2.78 bits per heavy atom. The highest BCUT2D eigenvalue weighted by Gasteiger charge is 2.20. The first-order valence-corrected chi connectivity index (χ1v) is 5.97. The number of halogens is 1. The van der Waals surface area contributed by atoms with Gasteiger partial charge in [-0.25, -0.2) is 0 Å². The Morgan fingerprint density at radius 2 is 2.17 bits per heavy atom. The van der Waals surface area contributed by atoms with Gasteiger partial charge in [0.15, 0.2) is 11.5 Å². The minimum Gasteiger partial charge on any atom is -0.493 e. The molecule has 0 heterocycles. The van der Waals surface area contributed by atoms with Gasteiger partial charge in [0.05, 0.1) is 7.11 Å². The first-order valence-electron chi connectivity index (χ1n) is 5.97. The number of ether oxygens (including phenoxy) is 2. The summed E-state index contributed by atoms with van der Waals surface area (Å²) in [5.41, 5.74) is 1.22. The van der Waals surface area contributed by atoms with Crippen LogP contribution < -0.4 is 14.8 Å². The number of nitrogens with one attached hydrogen (secondary N) is 1. The Labute approximate surface area is 115 Å². The first-order chi connectivity index (χ1) is 8.33. The van der Waals surface area contributed by atoms with E-state index in [1.807, 2.05) is 12.1 Å². The van der Waals surface area contributed by atoms with Crippen LogP contribution in [0.4, 0.5) is 0 Å². The third-order valence-electron chi connectivity index (χ3n) is 2.76. The van der Waals surface area contributed by atoms with Crippen molar-refractivity contribution in [2.45, 2.75) is 25.4 Å². The highest BCUT2D eigenvalue weighted by Crippen LogP contribution is 2.28. The Hall–Kier alpha value is -1.19. The average Bonchev–Trinajstić information content (AvgIpc) is 3.18. The molecule has 0 amide bonds. The number of benzene rings is 1. The maximum Gasteiger partial charge on any atom is 0.161 e. The summed E-state index contributed by atoms with van der Waals surface area (Å²) in [5.74, 6) is 1.55. The van der Waals surface area contributed by atoms with Crippen LogP contribution in [0.2, 0.25) is 0 Å². The molecule has 1 saturated carbocycles. The molecule has 18 heavy (non-hydrogen) atoms. The molecule has 0 aliphatic heterocycles. The molecule has 1 fully saturated rings. The zero-order chi connectivity index (χ0) is 12.1. The highest BCUT2D eigenvalue weighted by atomic mass is 35.5. The van der Waals surface area contributed by atoms with E-state index < -0.39 is 0 Å². The lowest BCUT2D eigenvalue weighted by Crippen LogP contribution is -2.15. The molecule has 1 aromatic carbocycles. The third kappa shape index (κ3) is 4.24. The maximum absolute atomic E-state index is 5.51. The molecule has 0 atom stereocenters. The van der Waals surface area contributed by atoms with Crippen LogP contribution in [0.3, 0.4) is 0 Å². The summed E-state index contributed by atoms with van der Waals surface area (Å²) in [5, 5.41) is 3.47. The van der Waals surface area contributed by atoms with Crippen molar-refractivity contribution in [1.82, 2.24) is 5.32 Å². The van der Waals surface area contributed by atoms with Crippen molar-refractivity contribution in [3.8, 4) is 11.5 Å². The van der Waals surface area contributed by atoms with Gasteiger partial charge in [-0.15, -0.1) is 12.4 Å². The monoisotopic (exact) mass is 269 g/mol.